The molecule has 0 saturated heterocycles. The van der Waals surface area contributed by atoms with E-state index in [1.54, 1.807) is 0 Å². The molecule has 0 aliphatic carbocycles. The van der Waals surface area contributed by atoms with Gasteiger partial charge < -0.3 is 10.4 Å². The summed E-state index contributed by atoms with van der Waals surface area (Å²) in [7, 11) is 0. The summed E-state index contributed by atoms with van der Waals surface area (Å²) in [6, 6.07) is 0. The molecule has 0 aromatic heterocycles. The van der Waals surface area contributed by atoms with Gasteiger partial charge in [-0.2, -0.15) is 0 Å². The molecule has 2 heteroatoms. The maximum atomic E-state index is 8.66. The van der Waals surface area contributed by atoms with Gasteiger partial charge in [-0.25, -0.2) is 0 Å². The number of allylic oxidation sites excluding steroid dienone is 1. The highest BCUT2D eigenvalue weighted by molar-refractivity contribution is 4.78. The number of hydrogen-bond donors (Lipinski definition) is 2. The monoisotopic (exact) mass is 353 g/mol. The summed E-state index contributed by atoms with van der Waals surface area (Å²) in [5, 5.41) is 11.9. The average molecular weight is 354 g/mol. The van der Waals surface area contributed by atoms with Crippen LogP contribution in [0.1, 0.15) is 122 Å². The first-order chi connectivity index (χ1) is 12.4. The predicted octanol–water partition coefficient (Wildman–Crippen LogP) is 7.12. The van der Waals surface area contributed by atoms with Crippen molar-refractivity contribution >= 4 is 0 Å². The van der Waals surface area contributed by atoms with E-state index in [0.29, 0.717) is 0 Å². The second kappa shape index (κ2) is 23.5. The Balaban J connectivity index is 3.00. The van der Waals surface area contributed by atoms with Crippen molar-refractivity contribution < 1.29 is 5.11 Å². The third-order valence-corrected chi connectivity index (χ3v) is 4.94. The molecule has 0 fully saturated rings. The van der Waals surface area contributed by atoms with E-state index in [9.17, 15) is 0 Å². The Morgan fingerprint density at radius 1 is 0.600 bits per heavy atom. The fraction of sp³-hybridized carbons (Fsp3) is 0.913. The SMILES string of the molecule is CCCCCCCCCCCCCCCCCCC=CNCCCO. The van der Waals surface area contributed by atoms with Gasteiger partial charge in [0.1, 0.15) is 0 Å². The van der Waals surface area contributed by atoms with Crippen LogP contribution in [0.5, 0.6) is 0 Å². The van der Waals surface area contributed by atoms with Crippen molar-refractivity contribution in [3.8, 4) is 0 Å². The van der Waals surface area contributed by atoms with Crippen LogP contribution in [0.15, 0.2) is 12.3 Å². The van der Waals surface area contributed by atoms with Crippen LogP contribution in [0.4, 0.5) is 0 Å². The quantitative estimate of drug-likeness (QED) is 0.215. The highest BCUT2D eigenvalue weighted by atomic mass is 16.3. The number of nitrogens with one attached hydrogen (secondary N) is 1. The molecule has 0 saturated carbocycles. The standard InChI is InChI=1S/C23H47NO/c1-2-3-4-5-6-7-8-9-10-11-12-13-14-15-16-17-18-19-21-24-22-20-23-25/h19,21,24-25H,2-18,20,22-23H2,1H3. The van der Waals surface area contributed by atoms with E-state index in [-0.39, 0.29) is 6.61 Å². The number of aliphatic hydroxyl groups excluding tert-OH is 1. The molecule has 0 aliphatic rings. The summed E-state index contributed by atoms with van der Waals surface area (Å²) in [5.74, 6) is 0. The summed E-state index contributed by atoms with van der Waals surface area (Å²) in [6.45, 7) is 3.45. The van der Waals surface area contributed by atoms with Crippen LogP contribution in [-0.2, 0) is 0 Å². The van der Waals surface area contributed by atoms with Crippen LogP contribution in [0.3, 0.4) is 0 Å². The molecule has 150 valence electrons. The van der Waals surface area contributed by atoms with E-state index < -0.39 is 0 Å². The van der Waals surface area contributed by atoms with Crippen LogP contribution < -0.4 is 5.32 Å². The Morgan fingerprint density at radius 2 is 1.04 bits per heavy atom. The van der Waals surface area contributed by atoms with Gasteiger partial charge in [-0.15, -0.1) is 0 Å². The topological polar surface area (TPSA) is 32.3 Å². The third-order valence-electron chi connectivity index (χ3n) is 4.94. The third kappa shape index (κ3) is 23.5. The summed E-state index contributed by atoms with van der Waals surface area (Å²) in [4.78, 5) is 0. The molecule has 2 nitrogen and oxygen atoms in total. The Kier molecular flexibility index (Phi) is 23.0. The molecule has 0 spiro atoms. The normalized spacial score (nSPS) is 11.4. The fourth-order valence-electron chi connectivity index (χ4n) is 3.24. The molecule has 0 aliphatic heterocycles. The van der Waals surface area contributed by atoms with Gasteiger partial charge in [-0.1, -0.05) is 109 Å². The first-order valence-electron chi connectivity index (χ1n) is 11.4. The zero-order valence-corrected chi connectivity index (χ0v) is 17.2. The number of hydrogen-bond acceptors (Lipinski definition) is 2. The smallest absolute Gasteiger partial charge is 0.0447 e. The van der Waals surface area contributed by atoms with Crippen molar-refractivity contribution in [2.45, 2.75) is 122 Å². The first-order valence-corrected chi connectivity index (χ1v) is 11.4. The number of aliphatic hydroxyl groups is 1. The molecule has 0 heterocycles. The minimum Gasteiger partial charge on any atom is -0.396 e. The zero-order valence-electron chi connectivity index (χ0n) is 17.2. The lowest BCUT2D eigenvalue weighted by Crippen LogP contribution is -2.07. The molecule has 0 rings (SSSR count). The molecule has 0 amide bonds. The molecule has 0 unspecified atom stereocenters. The molecule has 0 bridgehead atoms. The second-order valence-corrected chi connectivity index (χ2v) is 7.53. The van der Waals surface area contributed by atoms with Crippen LogP contribution in [0.2, 0.25) is 0 Å². The first kappa shape index (κ1) is 24.5. The minimum absolute atomic E-state index is 0.278. The molecule has 25 heavy (non-hydrogen) atoms. The zero-order chi connectivity index (χ0) is 18.3. The summed E-state index contributed by atoms with van der Waals surface area (Å²) < 4.78 is 0. The van der Waals surface area contributed by atoms with Gasteiger partial charge in [-0.3, -0.25) is 0 Å². The number of rotatable bonds is 21. The molecular formula is C23H47NO. The van der Waals surface area contributed by atoms with Crippen LogP contribution >= 0.6 is 0 Å². The van der Waals surface area contributed by atoms with E-state index in [1.807, 2.05) is 6.20 Å². The Labute approximate surface area is 158 Å². The highest BCUT2D eigenvalue weighted by Crippen LogP contribution is 2.14. The van der Waals surface area contributed by atoms with E-state index >= 15 is 0 Å². The highest BCUT2D eigenvalue weighted by Gasteiger charge is 1.94. The van der Waals surface area contributed by atoms with E-state index in [2.05, 4.69) is 18.3 Å². The van der Waals surface area contributed by atoms with Gasteiger partial charge >= 0.3 is 0 Å². The van der Waals surface area contributed by atoms with Gasteiger partial charge in [0.25, 0.3) is 0 Å². The van der Waals surface area contributed by atoms with Crippen LogP contribution in [0, 0.1) is 0 Å². The van der Waals surface area contributed by atoms with Gasteiger partial charge in [0.05, 0.1) is 0 Å². The largest absolute Gasteiger partial charge is 0.396 e. The van der Waals surface area contributed by atoms with Gasteiger partial charge in [0, 0.05) is 13.2 Å². The van der Waals surface area contributed by atoms with Crippen molar-refractivity contribution in [3.05, 3.63) is 12.3 Å². The fourth-order valence-corrected chi connectivity index (χ4v) is 3.24. The van der Waals surface area contributed by atoms with Crippen molar-refractivity contribution in [2.75, 3.05) is 13.2 Å². The van der Waals surface area contributed by atoms with Crippen molar-refractivity contribution in [1.29, 1.82) is 0 Å². The van der Waals surface area contributed by atoms with Gasteiger partial charge in [0.15, 0.2) is 0 Å². The lowest BCUT2D eigenvalue weighted by atomic mass is 10.0. The minimum atomic E-state index is 0.278. The van der Waals surface area contributed by atoms with Gasteiger partial charge in [0.2, 0.25) is 0 Å². The molecule has 0 radical (unpaired) electrons. The lowest BCUT2D eigenvalue weighted by molar-refractivity contribution is 0.288. The summed E-state index contributed by atoms with van der Waals surface area (Å²) >= 11 is 0. The molecule has 0 aromatic rings. The molecule has 0 atom stereocenters. The average Bonchev–Trinajstić information content (AvgIpc) is 2.63. The molecule has 0 aromatic carbocycles. The van der Waals surface area contributed by atoms with E-state index in [1.165, 1.54) is 109 Å². The lowest BCUT2D eigenvalue weighted by Gasteiger charge is -2.03. The second-order valence-electron chi connectivity index (χ2n) is 7.53. The summed E-state index contributed by atoms with van der Waals surface area (Å²) in [6.07, 6.45) is 29.2. The van der Waals surface area contributed by atoms with Crippen molar-refractivity contribution in [1.82, 2.24) is 5.32 Å². The van der Waals surface area contributed by atoms with Crippen molar-refractivity contribution in [2.24, 2.45) is 0 Å². The van der Waals surface area contributed by atoms with Crippen molar-refractivity contribution in [3.63, 3.8) is 0 Å². The predicted molar refractivity (Wildman–Crippen MR) is 113 cm³/mol. The Morgan fingerprint density at radius 3 is 1.48 bits per heavy atom. The Hall–Kier alpha value is -0.500. The Bertz CT molecular complexity index is 252. The van der Waals surface area contributed by atoms with Gasteiger partial charge in [-0.05, 0) is 25.5 Å². The van der Waals surface area contributed by atoms with Crippen LogP contribution in [0.25, 0.3) is 0 Å². The van der Waals surface area contributed by atoms with E-state index in [0.717, 1.165) is 13.0 Å². The van der Waals surface area contributed by atoms with E-state index in [4.69, 9.17) is 5.11 Å². The maximum Gasteiger partial charge on any atom is 0.0447 e. The number of unbranched alkanes of at least 4 members (excludes halogenated alkanes) is 16. The van der Waals surface area contributed by atoms with Crippen LogP contribution in [-0.4, -0.2) is 18.3 Å². The summed E-state index contributed by atoms with van der Waals surface area (Å²) in [5.41, 5.74) is 0. The maximum absolute atomic E-state index is 8.66. The molecule has 2 N–H and O–H groups in total. The molecular weight excluding hydrogens is 306 g/mol.